The molecule has 0 bridgehead atoms. The maximum absolute atomic E-state index is 13.4. The zero-order valence-corrected chi connectivity index (χ0v) is 18.0. The summed E-state index contributed by atoms with van der Waals surface area (Å²) in [7, 11) is 7.52. The lowest BCUT2D eigenvalue weighted by molar-refractivity contribution is -0.0613. The Bertz CT molecular complexity index is 1060. The Morgan fingerprint density at radius 3 is 2.53 bits per heavy atom. The lowest BCUT2D eigenvalue weighted by Gasteiger charge is -2.49. The number of ether oxygens (including phenoxy) is 1. The Morgan fingerprint density at radius 1 is 1.17 bits per heavy atom. The van der Waals surface area contributed by atoms with Gasteiger partial charge in [0.2, 0.25) is 0 Å². The number of aliphatic hydroxyl groups is 1. The molecule has 2 atom stereocenters. The first-order chi connectivity index (χ1) is 14.4. The van der Waals surface area contributed by atoms with E-state index < -0.39 is 11.6 Å². The van der Waals surface area contributed by atoms with E-state index in [1.165, 1.54) is 0 Å². The summed E-state index contributed by atoms with van der Waals surface area (Å²) in [6, 6.07) is 17.8. The minimum Gasteiger partial charge on any atom is -0.497 e. The van der Waals surface area contributed by atoms with Crippen molar-refractivity contribution < 1.29 is 14.6 Å². The normalized spacial score (nSPS) is 21.9. The van der Waals surface area contributed by atoms with E-state index in [-0.39, 0.29) is 12.5 Å². The first kappa shape index (κ1) is 20.4. The molecule has 0 radical (unpaired) electrons. The van der Waals surface area contributed by atoms with Crippen LogP contribution in [0.4, 0.5) is 0 Å². The molecule has 2 heterocycles. The van der Waals surface area contributed by atoms with E-state index in [9.17, 15) is 9.90 Å². The number of hydrogen-bond donors (Lipinski definition) is 1. The van der Waals surface area contributed by atoms with Crippen molar-refractivity contribution in [1.29, 1.82) is 0 Å². The van der Waals surface area contributed by atoms with E-state index >= 15 is 0 Å². The number of nitrogens with zero attached hydrogens (tertiary/aromatic N) is 3. The number of carbonyl (C=O) groups is 1. The van der Waals surface area contributed by atoms with Crippen LogP contribution < -0.4 is 4.74 Å². The predicted octanol–water partition coefficient (Wildman–Crippen LogP) is 2.85. The van der Waals surface area contributed by atoms with Crippen molar-refractivity contribution >= 4 is 16.8 Å². The molecule has 6 nitrogen and oxygen atoms in total. The number of carbonyl (C=O) groups excluding carboxylic acids is 1. The van der Waals surface area contributed by atoms with Gasteiger partial charge >= 0.3 is 0 Å². The highest BCUT2D eigenvalue weighted by atomic mass is 16.5. The molecule has 1 aromatic heterocycles. The predicted molar refractivity (Wildman–Crippen MR) is 118 cm³/mol. The molecular formula is C24H29N3O3. The van der Waals surface area contributed by atoms with Crippen molar-refractivity contribution in [1.82, 2.24) is 14.4 Å². The van der Waals surface area contributed by atoms with Gasteiger partial charge in [0.15, 0.2) is 0 Å². The summed E-state index contributed by atoms with van der Waals surface area (Å²) in [5.74, 6) is 0.700. The van der Waals surface area contributed by atoms with E-state index in [0.29, 0.717) is 18.7 Å². The fraction of sp³-hybridized carbons (Fsp3) is 0.375. The largest absolute Gasteiger partial charge is 0.497 e. The van der Waals surface area contributed by atoms with Gasteiger partial charge in [0.1, 0.15) is 11.4 Å². The Labute approximate surface area is 177 Å². The summed E-state index contributed by atoms with van der Waals surface area (Å²) in [4.78, 5) is 17.2. The van der Waals surface area contributed by atoms with Crippen LogP contribution in [0, 0.1) is 0 Å². The van der Waals surface area contributed by atoms with Crippen LogP contribution in [0.5, 0.6) is 5.75 Å². The average Bonchev–Trinajstić information content (AvgIpc) is 3.09. The number of hydrogen-bond acceptors (Lipinski definition) is 4. The number of likely N-dealkylation sites (N-methyl/N-ethyl adjacent to an activating group) is 1. The molecule has 1 aliphatic rings. The first-order valence-corrected chi connectivity index (χ1v) is 10.2. The second kappa shape index (κ2) is 7.78. The van der Waals surface area contributed by atoms with Crippen molar-refractivity contribution in [2.45, 2.75) is 18.1 Å². The first-order valence-electron chi connectivity index (χ1n) is 10.2. The third-order valence-corrected chi connectivity index (χ3v) is 6.54. The Balaban J connectivity index is 1.62. The Kier molecular flexibility index (Phi) is 5.30. The van der Waals surface area contributed by atoms with Crippen LogP contribution in [-0.2, 0) is 12.6 Å². The number of aryl methyl sites for hydroxylation is 1. The van der Waals surface area contributed by atoms with Crippen LogP contribution in [0.2, 0.25) is 0 Å². The minimum atomic E-state index is -0.692. The highest BCUT2D eigenvalue weighted by Gasteiger charge is 2.46. The number of aromatic nitrogens is 1. The third-order valence-electron chi connectivity index (χ3n) is 6.54. The summed E-state index contributed by atoms with van der Waals surface area (Å²) in [6.45, 7) is 0.866. The van der Waals surface area contributed by atoms with Crippen molar-refractivity contribution in [3.05, 3.63) is 65.9 Å². The molecule has 158 valence electrons. The monoisotopic (exact) mass is 407 g/mol. The van der Waals surface area contributed by atoms with Gasteiger partial charge in [0, 0.05) is 31.0 Å². The van der Waals surface area contributed by atoms with Crippen LogP contribution in [0.15, 0.2) is 54.6 Å². The molecule has 1 fully saturated rings. The zero-order chi connectivity index (χ0) is 21.5. The molecule has 0 unspecified atom stereocenters. The van der Waals surface area contributed by atoms with Crippen LogP contribution in [0.1, 0.15) is 22.5 Å². The van der Waals surface area contributed by atoms with Gasteiger partial charge in [-0.25, -0.2) is 0 Å². The lowest BCUT2D eigenvalue weighted by Crippen LogP contribution is -2.61. The number of amides is 1. The number of methoxy groups -OCH3 is 1. The molecule has 30 heavy (non-hydrogen) atoms. The van der Waals surface area contributed by atoms with Gasteiger partial charge in [0.25, 0.3) is 5.91 Å². The van der Waals surface area contributed by atoms with Crippen molar-refractivity contribution in [2.24, 2.45) is 7.05 Å². The molecule has 0 aliphatic carbocycles. The van der Waals surface area contributed by atoms with Gasteiger partial charge in [-0.15, -0.1) is 0 Å². The highest BCUT2D eigenvalue weighted by Crippen LogP contribution is 2.38. The standard InChI is InChI=1S/C24H29N3O3/c1-25(2)24(18-8-6-5-7-9-18)12-13-27(16-22(24)28)23(29)21-15-17-14-19(30-4)10-11-20(17)26(21)3/h5-11,14-15,22,28H,12-13,16H2,1-4H3/t22-,24+/m1/s1. The zero-order valence-electron chi connectivity index (χ0n) is 18.0. The van der Waals surface area contributed by atoms with E-state index in [4.69, 9.17) is 4.74 Å². The number of piperidine rings is 1. The molecule has 1 amide bonds. The number of rotatable bonds is 4. The SMILES string of the molecule is COc1ccc2c(c1)cc(C(=O)N1CC[C@@](c3ccccc3)(N(C)C)[C@H](O)C1)n2C. The number of benzene rings is 2. The molecule has 6 heteroatoms. The van der Waals surface area contributed by atoms with Crippen LogP contribution in [-0.4, -0.2) is 65.8 Å². The van der Waals surface area contributed by atoms with Gasteiger partial charge in [0.05, 0.1) is 18.8 Å². The molecule has 4 rings (SSSR count). The maximum atomic E-state index is 13.4. The van der Waals surface area contributed by atoms with E-state index in [2.05, 4.69) is 17.0 Å². The summed E-state index contributed by atoms with van der Waals surface area (Å²) < 4.78 is 7.22. The molecule has 3 aromatic rings. The number of β-amino-alcohol motifs (C(OH)–C–C–N with tert-alkyl or cyclic N) is 1. The van der Waals surface area contributed by atoms with Crippen LogP contribution >= 0.6 is 0 Å². The number of aliphatic hydroxyl groups excluding tert-OH is 1. The molecule has 0 saturated carbocycles. The smallest absolute Gasteiger partial charge is 0.270 e. The maximum Gasteiger partial charge on any atom is 0.270 e. The summed E-state index contributed by atoms with van der Waals surface area (Å²) in [5.41, 5.74) is 2.15. The van der Waals surface area contributed by atoms with Crippen LogP contribution in [0.25, 0.3) is 10.9 Å². The summed E-state index contributed by atoms with van der Waals surface area (Å²) in [5, 5.41) is 12.2. The molecule has 1 aliphatic heterocycles. The van der Waals surface area contributed by atoms with E-state index in [1.54, 1.807) is 12.0 Å². The van der Waals surface area contributed by atoms with Gasteiger partial charge in [-0.3, -0.25) is 9.69 Å². The van der Waals surface area contributed by atoms with Gasteiger partial charge in [-0.1, -0.05) is 30.3 Å². The van der Waals surface area contributed by atoms with Crippen molar-refractivity contribution in [2.75, 3.05) is 34.3 Å². The van der Waals surface area contributed by atoms with Crippen molar-refractivity contribution in [3.63, 3.8) is 0 Å². The molecule has 1 N–H and O–H groups in total. The molecular weight excluding hydrogens is 378 g/mol. The number of fused-ring (bicyclic) bond motifs is 1. The van der Waals surface area contributed by atoms with Gasteiger partial charge in [-0.2, -0.15) is 0 Å². The molecule has 0 spiro atoms. The summed E-state index contributed by atoms with van der Waals surface area (Å²) in [6.07, 6.45) is -0.0308. The van der Waals surface area contributed by atoms with E-state index in [1.807, 2.05) is 68.2 Å². The second-order valence-corrected chi connectivity index (χ2v) is 8.22. The average molecular weight is 408 g/mol. The fourth-order valence-electron chi connectivity index (χ4n) is 4.77. The van der Waals surface area contributed by atoms with Crippen molar-refractivity contribution in [3.8, 4) is 5.75 Å². The third kappa shape index (κ3) is 3.16. The number of likely N-dealkylation sites (tertiary alicyclic amines) is 1. The lowest BCUT2D eigenvalue weighted by atomic mass is 9.77. The van der Waals surface area contributed by atoms with Gasteiger partial charge in [-0.05, 0) is 50.3 Å². The van der Waals surface area contributed by atoms with Gasteiger partial charge < -0.3 is 19.3 Å². The fourth-order valence-corrected chi connectivity index (χ4v) is 4.77. The second-order valence-electron chi connectivity index (χ2n) is 8.22. The minimum absolute atomic E-state index is 0.0628. The Hall–Kier alpha value is -2.83. The molecule has 2 aromatic carbocycles. The highest BCUT2D eigenvalue weighted by molar-refractivity contribution is 5.99. The Morgan fingerprint density at radius 2 is 1.90 bits per heavy atom. The van der Waals surface area contributed by atoms with E-state index in [0.717, 1.165) is 22.2 Å². The summed E-state index contributed by atoms with van der Waals surface area (Å²) >= 11 is 0. The molecule has 1 saturated heterocycles. The quantitative estimate of drug-likeness (QED) is 0.723. The topological polar surface area (TPSA) is 57.9 Å². The van der Waals surface area contributed by atoms with Crippen LogP contribution in [0.3, 0.4) is 0 Å².